The summed E-state index contributed by atoms with van der Waals surface area (Å²) in [5, 5.41) is 18.3. The van der Waals surface area contributed by atoms with E-state index in [-0.39, 0.29) is 5.91 Å². The summed E-state index contributed by atoms with van der Waals surface area (Å²) >= 11 is 1.28. The Kier molecular flexibility index (Phi) is 3.51. The fraction of sp³-hybridized carbons (Fsp3) is 0.455. The number of piperidine rings is 1. The van der Waals surface area contributed by atoms with Gasteiger partial charge in [0.05, 0.1) is 6.04 Å². The maximum atomic E-state index is 11.9. The van der Waals surface area contributed by atoms with E-state index in [9.17, 15) is 4.79 Å². The van der Waals surface area contributed by atoms with Crippen LogP contribution in [0.1, 0.15) is 29.4 Å². The molecule has 1 unspecified atom stereocenters. The third-order valence-corrected chi connectivity index (χ3v) is 3.67. The molecule has 2 aromatic rings. The van der Waals surface area contributed by atoms with Gasteiger partial charge in [-0.05, 0) is 25.5 Å². The van der Waals surface area contributed by atoms with Crippen LogP contribution in [-0.2, 0) is 0 Å². The van der Waals surface area contributed by atoms with Gasteiger partial charge in [0.1, 0.15) is 5.51 Å². The maximum absolute atomic E-state index is 11.9. The number of carbonyl (C=O) groups is 1. The van der Waals surface area contributed by atoms with E-state index in [1.54, 1.807) is 11.6 Å². The van der Waals surface area contributed by atoms with Gasteiger partial charge in [0.25, 0.3) is 5.91 Å². The van der Waals surface area contributed by atoms with Gasteiger partial charge < -0.3 is 5.32 Å². The van der Waals surface area contributed by atoms with Gasteiger partial charge in [0, 0.05) is 12.7 Å². The first-order valence-corrected chi connectivity index (χ1v) is 7.04. The van der Waals surface area contributed by atoms with Crippen molar-refractivity contribution < 1.29 is 4.79 Å². The molecule has 2 N–H and O–H groups in total. The molecule has 1 saturated heterocycles. The Morgan fingerprint density at radius 1 is 1.58 bits per heavy atom. The first-order valence-electron chi connectivity index (χ1n) is 6.16. The Hall–Kier alpha value is -1.80. The molecule has 19 heavy (non-hydrogen) atoms. The van der Waals surface area contributed by atoms with Crippen molar-refractivity contribution in [1.82, 2.24) is 25.3 Å². The summed E-state index contributed by atoms with van der Waals surface area (Å²) in [6, 6.07) is 2.06. The van der Waals surface area contributed by atoms with Crippen LogP contribution < -0.4 is 10.6 Å². The average Bonchev–Trinajstić information content (AvgIpc) is 3.10. The third-order valence-electron chi connectivity index (χ3n) is 3.07. The normalized spacial score (nSPS) is 19.3. The van der Waals surface area contributed by atoms with Crippen LogP contribution in [0.3, 0.4) is 0 Å². The highest BCUT2D eigenvalue weighted by Gasteiger charge is 2.18. The van der Waals surface area contributed by atoms with Crippen LogP contribution in [0.5, 0.6) is 0 Å². The molecule has 100 valence electrons. The fourth-order valence-electron chi connectivity index (χ4n) is 2.11. The lowest BCUT2D eigenvalue weighted by Gasteiger charge is -2.22. The van der Waals surface area contributed by atoms with Crippen molar-refractivity contribution in [3.63, 3.8) is 0 Å². The van der Waals surface area contributed by atoms with Gasteiger partial charge in [-0.15, -0.1) is 10.2 Å². The molecule has 0 saturated carbocycles. The summed E-state index contributed by atoms with van der Waals surface area (Å²) < 4.78 is 1.86. The van der Waals surface area contributed by atoms with Crippen LogP contribution >= 0.6 is 11.3 Å². The van der Waals surface area contributed by atoms with E-state index in [4.69, 9.17) is 0 Å². The van der Waals surface area contributed by atoms with E-state index in [1.807, 2.05) is 10.9 Å². The molecule has 8 heteroatoms. The average molecular weight is 278 g/mol. The van der Waals surface area contributed by atoms with Crippen LogP contribution in [0.25, 0.3) is 0 Å². The van der Waals surface area contributed by atoms with E-state index in [0.717, 1.165) is 25.9 Å². The van der Waals surface area contributed by atoms with Crippen molar-refractivity contribution in [2.24, 2.45) is 0 Å². The summed E-state index contributed by atoms with van der Waals surface area (Å²) in [5.74, 6) is -0.251. The van der Waals surface area contributed by atoms with Gasteiger partial charge in [0.2, 0.25) is 5.13 Å². The minimum absolute atomic E-state index is 0.251. The lowest BCUT2D eigenvalue weighted by molar-refractivity contribution is 0.102. The molecule has 3 rings (SSSR count). The molecule has 7 nitrogen and oxygen atoms in total. The zero-order chi connectivity index (χ0) is 13.1. The fourth-order valence-corrected chi connectivity index (χ4v) is 2.55. The number of aromatic nitrogens is 4. The van der Waals surface area contributed by atoms with E-state index < -0.39 is 0 Å². The Balaban J connectivity index is 1.68. The molecule has 1 aliphatic rings. The second-order valence-electron chi connectivity index (χ2n) is 4.38. The standard InChI is InChI=1S/C11H14N6OS/c18-10(14-11-15-13-7-19-11)9-3-5-17(16-9)8-2-1-4-12-6-8/h3,5,7-8,12H,1-2,4,6H2,(H,14,15,18). The quantitative estimate of drug-likeness (QED) is 0.871. The molecule has 0 aromatic carbocycles. The minimum Gasteiger partial charge on any atom is -0.315 e. The van der Waals surface area contributed by atoms with Gasteiger partial charge in [0.15, 0.2) is 5.69 Å². The first kappa shape index (κ1) is 12.2. The highest BCUT2D eigenvalue weighted by Crippen LogP contribution is 2.16. The lowest BCUT2D eigenvalue weighted by Crippen LogP contribution is -2.32. The highest BCUT2D eigenvalue weighted by atomic mass is 32.1. The van der Waals surface area contributed by atoms with Crippen molar-refractivity contribution in [2.45, 2.75) is 18.9 Å². The molecular formula is C11H14N6OS. The molecule has 0 bridgehead atoms. The Morgan fingerprint density at radius 3 is 3.26 bits per heavy atom. The van der Waals surface area contributed by atoms with E-state index in [1.165, 1.54) is 11.3 Å². The molecule has 3 heterocycles. The van der Waals surface area contributed by atoms with Crippen molar-refractivity contribution in [3.05, 3.63) is 23.5 Å². The van der Waals surface area contributed by atoms with Gasteiger partial charge in [-0.2, -0.15) is 5.10 Å². The Morgan fingerprint density at radius 2 is 2.53 bits per heavy atom. The summed E-state index contributed by atoms with van der Waals surface area (Å²) in [7, 11) is 0. The van der Waals surface area contributed by atoms with E-state index >= 15 is 0 Å². The Bertz CT molecular complexity index is 545. The van der Waals surface area contributed by atoms with Crippen LogP contribution in [0.4, 0.5) is 5.13 Å². The smallest absolute Gasteiger partial charge is 0.277 e. The summed E-state index contributed by atoms with van der Waals surface area (Å²) in [6.45, 7) is 1.96. The van der Waals surface area contributed by atoms with Gasteiger partial charge in [-0.1, -0.05) is 11.3 Å². The van der Waals surface area contributed by atoms with E-state index in [0.29, 0.717) is 16.9 Å². The number of carbonyl (C=O) groups excluding carboxylic acids is 1. The van der Waals surface area contributed by atoms with Crippen molar-refractivity contribution in [2.75, 3.05) is 18.4 Å². The molecule has 1 atom stereocenters. The third kappa shape index (κ3) is 2.79. The molecule has 1 amide bonds. The second-order valence-corrected chi connectivity index (χ2v) is 5.21. The number of nitrogens with one attached hydrogen (secondary N) is 2. The SMILES string of the molecule is O=C(Nc1nncs1)c1ccn(C2CCCNC2)n1. The number of rotatable bonds is 3. The monoisotopic (exact) mass is 278 g/mol. The lowest BCUT2D eigenvalue weighted by atomic mass is 10.1. The largest absolute Gasteiger partial charge is 0.315 e. The van der Waals surface area contributed by atoms with E-state index in [2.05, 4.69) is 25.9 Å². The van der Waals surface area contributed by atoms with Crippen molar-refractivity contribution >= 4 is 22.4 Å². The van der Waals surface area contributed by atoms with Crippen LogP contribution in [0.15, 0.2) is 17.8 Å². The molecule has 0 spiro atoms. The zero-order valence-electron chi connectivity index (χ0n) is 10.2. The van der Waals surface area contributed by atoms with Crippen LogP contribution in [-0.4, -0.2) is 39.0 Å². The summed E-state index contributed by atoms with van der Waals surface area (Å²) in [6.07, 6.45) is 4.08. The summed E-state index contributed by atoms with van der Waals surface area (Å²) in [4.78, 5) is 11.9. The maximum Gasteiger partial charge on any atom is 0.277 e. The highest BCUT2D eigenvalue weighted by molar-refractivity contribution is 7.13. The van der Waals surface area contributed by atoms with Gasteiger partial charge in [-0.3, -0.25) is 14.8 Å². The molecule has 1 fully saturated rings. The minimum atomic E-state index is -0.251. The molecular weight excluding hydrogens is 264 g/mol. The van der Waals surface area contributed by atoms with Crippen molar-refractivity contribution in [3.8, 4) is 0 Å². The van der Waals surface area contributed by atoms with Crippen molar-refractivity contribution in [1.29, 1.82) is 0 Å². The molecule has 1 aliphatic heterocycles. The molecule has 0 radical (unpaired) electrons. The first-order chi connectivity index (χ1) is 9.33. The second kappa shape index (κ2) is 5.45. The zero-order valence-corrected chi connectivity index (χ0v) is 11.1. The summed E-state index contributed by atoms with van der Waals surface area (Å²) in [5.41, 5.74) is 1.97. The predicted molar refractivity (Wildman–Crippen MR) is 71.2 cm³/mol. The number of hydrogen-bond acceptors (Lipinski definition) is 6. The number of amides is 1. The molecule has 0 aliphatic carbocycles. The van der Waals surface area contributed by atoms with Crippen LogP contribution in [0, 0.1) is 0 Å². The number of nitrogens with zero attached hydrogens (tertiary/aromatic N) is 4. The molecule has 2 aromatic heterocycles. The van der Waals surface area contributed by atoms with Gasteiger partial charge in [-0.25, -0.2) is 0 Å². The number of anilines is 1. The topological polar surface area (TPSA) is 84.7 Å². The van der Waals surface area contributed by atoms with Gasteiger partial charge >= 0.3 is 0 Å². The predicted octanol–water partition coefficient (Wildman–Crippen LogP) is 0.911. The number of hydrogen-bond donors (Lipinski definition) is 2. The Labute approximate surface area is 114 Å². The van der Waals surface area contributed by atoms with Crippen LogP contribution in [0.2, 0.25) is 0 Å².